The number of aliphatic hydroxyl groups is 4. The van der Waals surface area contributed by atoms with Gasteiger partial charge < -0.3 is 53.6 Å². The van der Waals surface area contributed by atoms with E-state index in [2.05, 4.69) is 0 Å². The van der Waals surface area contributed by atoms with Crippen molar-refractivity contribution in [2.45, 2.75) is 136 Å². The highest BCUT2D eigenvalue weighted by molar-refractivity contribution is 5.73. The van der Waals surface area contributed by atoms with Crippen molar-refractivity contribution in [1.29, 1.82) is 0 Å². The topological polar surface area (TPSA) is 214 Å². The molecule has 0 spiro atoms. The molecule has 2 rings (SSSR count). The van der Waals surface area contributed by atoms with E-state index in [0.717, 1.165) is 0 Å². The van der Waals surface area contributed by atoms with Crippen molar-refractivity contribution in [3.8, 4) is 0 Å². The summed E-state index contributed by atoms with van der Waals surface area (Å²) in [5.74, 6) is -5.99. The zero-order valence-electron chi connectivity index (χ0n) is 28.7. The first-order chi connectivity index (χ1) is 22.0. The average Bonchev–Trinajstić information content (AvgIpc) is 3.23. The fourth-order valence-corrected chi connectivity index (χ4v) is 5.05. The summed E-state index contributed by atoms with van der Waals surface area (Å²) in [6.45, 7) is 11.8. The largest absolute Gasteiger partial charge is 0.463 e. The summed E-state index contributed by atoms with van der Waals surface area (Å²) in [6.07, 6.45) is -12.6. The van der Waals surface area contributed by atoms with E-state index < -0.39 is 104 Å². The van der Waals surface area contributed by atoms with Gasteiger partial charge in [0.05, 0.1) is 12.5 Å². The maximum absolute atomic E-state index is 12.9. The lowest BCUT2D eigenvalue weighted by Gasteiger charge is -2.45. The van der Waals surface area contributed by atoms with Gasteiger partial charge in [-0.25, -0.2) is 0 Å². The second kappa shape index (κ2) is 18.4. The van der Waals surface area contributed by atoms with Crippen molar-refractivity contribution in [1.82, 2.24) is 0 Å². The van der Waals surface area contributed by atoms with E-state index >= 15 is 0 Å². The van der Waals surface area contributed by atoms with Crippen molar-refractivity contribution in [2.24, 2.45) is 23.7 Å². The van der Waals surface area contributed by atoms with Gasteiger partial charge in [-0.15, -0.1) is 0 Å². The number of aliphatic hydroxyl groups excluding tert-OH is 4. The van der Waals surface area contributed by atoms with Crippen molar-refractivity contribution in [3.63, 3.8) is 0 Å². The summed E-state index contributed by atoms with van der Waals surface area (Å²) in [5.41, 5.74) is 0. The van der Waals surface area contributed by atoms with Crippen LogP contribution in [0.2, 0.25) is 0 Å². The van der Waals surface area contributed by atoms with Gasteiger partial charge in [-0.2, -0.15) is 0 Å². The van der Waals surface area contributed by atoms with E-state index in [1.807, 2.05) is 13.8 Å². The highest BCUT2D eigenvalue weighted by Gasteiger charge is 2.62. The van der Waals surface area contributed by atoms with E-state index in [0.29, 0.717) is 6.42 Å². The van der Waals surface area contributed by atoms with Crippen LogP contribution in [0.15, 0.2) is 0 Å². The van der Waals surface area contributed by atoms with Crippen LogP contribution in [0.25, 0.3) is 0 Å². The maximum atomic E-state index is 12.9. The molecule has 47 heavy (non-hydrogen) atoms. The number of ether oxygens (including phenoxy) is 7. The lowest BCUT2D eigenvalue weighted by Crippen LogP contribution is -2.64. The molecule has 2 aliphatic rings. The monoisotopic (exact) mass is 678 g/mol. The molecule has 0 aromatic rings. The first-order valence-corrected chi connectivity index (χ1v) is 16.3. The standard InChI is InChI=1S/C32H54O15/c1-9-19(8)30(40)45-28-26(39)31(42-20(13-33)27(28)43-23(36)11-17(4)5)47-32(15-34)29(44-24(37)12-18(6)7)25(38)21(46-32)14-41-22(35)10-16(2)3/h16-21,25-29,31,33-34,38-39H,9-15H2,1-8H3. The van der Waals surface area contributed by atoms with Gasteiger partial charge in [0.15, 0.2) is 24.6 Å². The first kappa shape index (κ1) is 40.8. The van der Waals surface area contributed by atoms with Gasteiger partial charge in [0.1, 0.15) is 37.6 Å². The highest BCUT2D eigenvalue weighted by Crippen LogP contribution is 2.39. The fourth-order valence-electron chi connectivity index (χ4n) is 5.05. The summed E-state index contributed by atoms with van der Waals surface area (Å²) < 4.78 is 39.6. The van der Waals surface area contributed by atoms with Crippen LogP contribution in [-0.2, 0) is 52.3 Å². The molecule has 2 saturated heterocycles. The van der Waals surface area contributed by atoms with E-state index in [4.69, 9.17) is 33.2 Å². The molecular weight excluding hydrogens is 624 g/mol. The Bertz CT molecular complexity index is 1030. The molecule has 15 nitrogen and oxygen atoms in total. The number of rotatable bonds is 17. The van der Waals surface area contributed by atoms with E-state index in [1.54, 1.807) is 41.5 Å². The third-order valence-electron chi connectivity index (χ3n) is 7.73. The van der Waals surface area contributed by atoms with Crippen LogP contribution in [-0.4, -0.2) is 119 Å². The van der Waals surface area contributed by atoms with E-state index in [1.165, 1.54) is 0 Å². The van der Waals surface area contributed by atoms with Crippen LogP contribution in [0.3, 0.4) is 0 Å². The van der Waals surface area contributed by atoms with Crippen molar-refractivity contribution < 1.29 is 72.8 Å². The van der Waals surface area contributed by atoms with Crippen LogP contribution >= 0.6 is 0 Å². The lowest BCUT2D eigenvalue weighted by molar-refractivity contribution is -0.384. The Morgan fingerprint density at radius 3 is 1.81 bits per heavy atom. The van der Waals surface area contributed by atoms with Gasteiger partial charge in [0.2, 0.25) is 5.79 Å². The molecule has 0 aromatic heterocycles. The van der Waals surface area contributed by atoms with Crippen LogP contribution in [0.4, 0.5) is 0 Å². The molecule has 0 amide bonds. The molecule has 4 N–H and O–H groups in total. The zero-order valence-corrected chi connectivity index (χ0v) is 28.7. The summed E-state index contributed by atoms with van der Waals surface area (Å²) in [4.78, 5) is 50.5. The molecule has 15 heteroatoms. The molecule has 10 unspecified atom stereocenters. The Morgan fingerprint density at radius 2 is 1.30 bits per heavy atom. The van der Waals surface area contributed by atoms with Crippen LogP contribution in [0, 0.1) is 23.7 Å². The third kappa shape index (κ3) is 11.3. The number of carbonyl (C=O) groups is 4. The van der Waals surface area contributed by atoms with Crippen molar-refractivity contribution in [3.05, 3.63) is 0 Å². The fraction of sp³-hybridized carbons (Fsp3) is 0.875. The summed E-state index contributed by atoms with van der Waals surface area (Å²) in [5, 5.41) is 43.6. The van der Waals surface area contributed by atoms with Crippen molar-refractivity contribution >= 4 is 23.9 Å². The van der Waals surface area contributed by atoms with Crippen LogP contribution in [0.5, 0.6) is 0 Å². The lowest BCUT2D eigenvalue weighted by atomic mass is 9.97. The molecule has 2 fully saturated rings. The summed E-state index contributed by atoms with van der Waals surface area (Å²) >= 11 is 0. The number of hydrogen-bond donors (Lipinski definition) is 4. The van der Waals surface area contributed by atoms with Crippen LogP contribution in [0.1, 0.15) is 81.1 Å². The normalized spacial score (nSPS) is 31.6. The number of carbonyl (C=O) groups excluding carboxylic acids is 4. The Balaban J connectivity index is 2.47. The molecule has 0 radical (unpaired) electrons. The number of esters is 4. The highest BCUT2D eigenvalue weighted by atomic mass is 16.8. The second-order valence-corrected chi connectivity index (χ2v) is 13.5. The zero-order chi connectivity index (χ0) is 35.6. The number of hydrogen-bond acceptors (Lipinski definition) is 15. The molecule has 272 valence electrons. The molecule has 2 aliphatic heterocycles. The third-order valence-corrected chi connectivity index (χ3v) is 7.73. The first-order valence-electron chi connectivity index (χ1n) is 16.3. The predicted molar refractivity (Wildman–Crippen MR) is 162 cm³/mol. The predicted octanol–water partition coefficient (Wildman–Crippen LogP) is 0.992. The minimum atomic E-state index is -2.39. The maximum Gasteiger partial charge on any atom is 0.309 e. The molecule has 0 bridgehead atoms. The SMILES string of the molecule is CCC(C)C(=O)OC1C(O)C(OC2(CO)OC(COC(=O)CC(C)C)C(O)C2OC(=O)CC(C)C)OC(CO)C1OC(=O)CC(C)C. The molecule has 2 heterocycles. The van der Waals surface area contributed by atoms with Gasteiger partial charge in [-0.3, -0.25) is 19.2 Å². The van der Waals surface area contributed by atoms with Gasteiger partial charge in [0, 0.05) is 19.3 Å². The molecular formula is C32H54O15. The Labute approximate surface area is 276 Å². The van der Waals surface area contributed by atoms with E-state index in [9.17, 15) is 39.6 Å². The smallest absolute Gasteiger partial charge is 0.309 e. The molecule has 0 aliphatic carbocycles. The summed E-state index contributed by atoms with van der Waals surface area (Å²) in [7, 11) is 0. The van der Waals surface area contributed by atoms with Gasteiger partial charge in [0.25, 0.3) is 0 Å². The van der Waals surface area contributed by atoms with Crippen LogP contribution < -0.4 is 0 Å². The second-order valence-electron chi connectivity index (χ2n) is 13.5. The molecule has 0 aromatic carbocycles. The minimum Gasteiger partial charge on any atom is -0.463 e. The Hall–Kier alpha value is -2.40. The quantitative estimate of drug-likeness (QED) is 0.125. The Morgan fingerprint density at radius 1 is 0.745 bits per heavy atom. The molecule has 10 atom stereocenters. The average molecular weight is 679 g/mol. The summed E-state index contributed by atoms with van der Waals surface area (Å²) in [6, 6.07) is 0. The molecule has 0 saturated carbocycles. The van der Waals surface area contributed by atoms with Crippen molar-refractivity contribution in [2.75, 3.05) is 19.8 Å². The van der Waals surface area contributed by atoms with Gasteiger partial charge in [-0.05, 0) is 24.2 Å². The van der Waals surface area contributed by atoms with Gasteiger partial charge >= 0.3 is 23.9 Å². The van der Waals surface area contributed by atoms with E-state index in [-0.39, 0.29) is 37.0 Å². The Kier molecular flexibility index (Phi) is 16.0. The minimum absolute atomic E-state index is 0.0113. The van der Waals surface area contributed by atoms with Gasteiger partial charge in [-0.1, -0.05) is 55.4 Å².